The first-order chi connectivity index (χ1) is 14.0. The molecule has 1 aromatic heterocycles. The van der Waals surface area contributed by atoms with Crippen molar-refractivity contribution in [2.75, 3.05) is 7.11 Å². The van der Waals surface area contributed by atoms with Crippen molar-refractivity contribution in [3.05, 3.63) is 82.4 Å². The van der Waals surface area contributed by atoms with Gasteiger partial charge in [-0.25, -0.2) is 4.98 Å². The molecule has 2 aromatic carbocycles. The second-order valence-corrected chi connectivity index (χ2v) is 8.31. The number of ketones is 1. The van der Waals surface area contributed by atoms with Gasteiger partial charge in [0.2, 0.25) is 0 Å². The van der Waals surface area contributed by atoms with E-state index in [1.54, 1.807) is 24.5 Å². The third-order valence-corrected chi connectivity index (χ3v) is 6.06. The monoisotopic (exact) mass is 448 g/mol. The maximum Gasteiger partial charge on any atom is 0.319 e. The molecule has 0 saturated carbocycles. The molecule has 2 unspecified atom stereocenters. The van der Waals surface area contributed by atoms with Gasteiger partial charge in [0.15, 0.2) is 5.78 Å². The Morgan fingerprint density at radius 3 is 2.55 bits per heavy atom. The molecule has 29 heavy (non-hydrogen) atoms. The molecule has 0 bridgehead atoms. The minimum absolute atomic E-state index is 0.192. The summed E-state index contributed by atoms with van der Waals surface area (Å²) in [6.07, 6.45) is 3.39. The Kier molecular flexibility index (Phi) is 7.36. The van der Waals surface area contributed by atoms with Crippen molar-refractivity contribution in [2.24, 2.45) is 0 Å². The van der Waals surface area contributed by atoms with Crippen molar-refractivity contribution >= 4 is 46.7 Å². The summed E-state index contributed by atoms with van der Waals surface area (Å²) in [5.74, 6) is -0.901. The maximum atomic E-state index is 13.3. The Hall–Kier alpha value is -2.28. The summed E-state index contributed by atoms with van der Waals surface area (Å²) < 4.78 is 4.98. The Labute approximate surface area is 182 Å². The van der Waals surface area contributed by atoms with E-state index in [2.05, 4.69) is 9.97 Å². The number of esters is 1. The zero-order chi connectivity index (χ0) is 20.8. The number of aromatic nitrogens is 2. The van der Waals surface area contributed by atoms with Crippen LogP contribution in [0.4, 0.5) is 0 Å². The number of halogens is 2. The van der Waals surface area contributed by atoms with Crippen LogP contribution in [-0.2, 0) is 9.53 Å². The van der Waals surface area contributed by atoms with Crippen molar-refractivity contribution in [2.45, 2.75) is 22.5 Å². The number of imidazole rings is 1. The minimum Gasteiger partial charge on any atom is -0.468 e. The first kappa shape index (κ1) is 21.4. The lowest BCUT2D eigenvalue weighted by Crippen LogP contribution is -2.26. The summed E-state index contributed by atoms with van der Waals surface area (Å²) in [6, 6.07) is 14.2. The standard InChI is InChI=1S/C21H18Cl2N2O3S/c1-28-21(27)18(29-14-5-3-2-4-6-14)12-16(20-24-9-10-25-20)19(26)15-8-7-13(22)11-17(15)23/h2-11,16,18H,12H2,1H3,(H,24,25). The van der Waals surface area contributed by atoms with Crippen molar-refractivity contribution in [3.8, 4) is 0 Å². The zero-order valence-corrected chi connectivity index (χ0v) is 17.8. The molecule has 0 radical (unpaired) electrons. The number of benzene rings is 2. The molecule has 0 aliphatic heterocycles. The van der Waals surface area contributed by atoms with Crippen LogP contribution in [0, 0.1) is 0 Å². The largest absolute Gasteiger partial charge is 0.468 e. The molecule has 0 fully saturated rings. The molecular weight excluding hydrogens is 431 g/mol. The van der Waals surface area contributed by atoms with Crippen LogP contribution in [0.3, 0.4) is 0 Å². The highest BCUT2D eigenvalue weighted by atomic mass is 35.5. The van der Waals surface area contributed by atoms with Crippen molar-refractivity contribution < 1.29 is 14.3 Å². The van der Waals surface area contributed by atoms with Crippen LogP contribution in [0.25, 0.3) is 0 Å². The fourth-order valence-electron chi connectivity index (χ4n) is 2.89. The molecule has 2 atom stereocenters. The number of Topliss-reactive ketones (excluding diaryl/α,β-unsaturated/α-hetero) is 1. The van der Waals surface area contributed by atoms with E-state index in [9.17, 15) is 9.59 Å². The Morgan fingerprint density at radius 1 is 1.17 bits per heavy atom. The van der Waals surface area contributed by atoms with E-state index in [-0.39, 0.29) is 17.2 Å². The molecule has 1 heterocycles. The summed E-state index contributed by atoms with van der Waals surface area (Å²) in [5, 5.41) is 0.0880. The van der Waals surface area contributed by atoms with Crippen molar-refractivity contribution in [3.63, 3.8) is 0 Å². The molecule has 150 valence electrons. The lowest BCUT2D eigenvalue weighted by Gasteiger charge is -2.20. The molecule has 5 nitrogen and oxygen atoms in total. The van der Waals surface area contributed by atoms with Gasteiger partial charge in [0.05, 0.1) is 18.1 Å². The number of thioether (sulfide) groups is 1. The Balaban J connectivity index is 1.93. The number of aromatic amines is 1. The number of H-pyrrole nitrogens is 1. The van der Waals surface area contributed by atoms with E-state index in [1.807, 2.05) is 30.3 Å². The summed E-state index contributed by atoms with van der Waals surface area (Å²) in [4.78, 5) is 33.9. The van der Waals surface area contributed by atoms with E-state index < -0.39 is 17.1 Å². The minimum atomic E-state index is -0.705. The lowest BCUT2D eigenvalue weighted by atomic mass is 9.92. The van der Waals surface area contributed by atoms with Crippen LogP contribution in [0.2, 0.25) is 10.0 Å². The molecule has 0 amide bonds. The van der Waals surface area contributed by atoms with Gasteiger partial charge in [0.1, 0.15) is 11.1 Å². The number of methoxy groups -OCH3 is 1. The Bertz CT molecular complexity index is 981. The second kappa shape index (κ2) is 9.96. The quantitative estimate of drug-likeness (QED) is 0.283. The summed E-state index contributed by atoms with van der Waals surface area (Å²) in [5.41, 5.74) is 0.325. The molecule has 0 aliphatic rings. The average Bonchev–Trinajstić information content (AvgIpc) is 3.25. The predicted octanol–water partition coefficient (Wildman–Crippen LogP) is 5.41. The van der Waals surface area contributed by atoms with Crippen LogP contribution in [-0.4, -0.2) is 34.1 Å². The highest BCUT2D eigenvalue weighted by Gasteiger charge is 2.33. The molecule has 0 saturated heterocycles. The third-order valence-electron chi connectivity index (χ3n) is 4.30. The second-order valence-electron chi connectivity index (χ2n) is 6.19. The van der Waals surface area contributed by atoms with Crippen LogP contribution < -0.4 is 0 Å². The maximum absolute atomic E-state index is 13.3. The van der Waals surface area contributed by atoms with Gasteiger partial charge in [-0.15, -0.1) is 11.8 Å². The number of nitrogens with one attached hydrogen (secondary N) is 1. The Morgan fingerprint density at radius 2 is 1.93 bits per heavy atom. The van der Waals surface area contributed by atoms with Gasteiger partial charge < -0.3 is 9.72 Å². The van der Waals surface area contributed by atoms with Gasteiger partial charge >= 0.3 is 5.97 Å². The van der Waals surface area contributed by atoms with Gasteiger partial charge in [-0.1, -0.05) is 41.4 Å². The van der Waals surface area contributed by atoms with Gasteiger partial charge in [-0.05, 0) is 36.8 Å². The highest BCUT2D eigenvalue weighted by Crippen LogP contribution is 2.34. The van der Waals surface area contributed by atoms with Crippen LogP contribution >= 0.6 is 35.0 Å². The number of ether oxygens (including phenoxy) is 1. The molecule has 3 rings (SSSR count). The van der Waals surface area contributed by atoms with E-state index in [0.717, 1.165) is 4.90 Å². The number of carbonyl (C=O) groups is 2. The number of carbonyl (C=O) groups excluding carboxylic acids is 2. The molecule has 8 heteroatoms. The van der Waals surface area contributed by atoms with Crippen LogP contribution in [0.15, 0.2) is 65.8 Å². The number of hydrogen-bond donors (Lipinski definition) is 1. The molecule has 3 aromatic rings. The molecule has 0 aliphatic carbocycles. The zero-order valence-electron chi connectivity index (χ0n) is 15.5. The van der Waals surface area contributed by atoms with E-state index in [4.69, 9.17) is 27.9 Å². The fourth-order valence-corrected chi connectivity index (χ4v) is 4.51. The topological polar surface area (TPSA) is 72.1 Å². The first-order valence-corrected chi connectivity index (χ1v) is 10.4. The van der Waals surface area contributed by atoms with Crippen molar-refractivity contribution in [1.82, 2.24) is 9.97 Å². The van der Waals surface area contributed by atoms with E-state index >= 15 is 0 Å². The van der Waals surface area contributed by atoms with Crippen LogP contribution in [0.5, 0.6) is 0 Å². The number of nitrogens with zero attached hydrogens (tertiary/aromatic N) is 1. The first-order valence-electron chi connectivity index (χ1n) is 8.77. The van der Waals surface area contributed by atoms with Crippen LogP contribution in [0.1, 0.15) is 28.5 Å². The number of rotatable bonds is 8. The summed E-state index contributed by atoms with van der Waals surface area (Å²) >= 11 is 13.6. The third kappa shape index (κ3) is 5.41. The van der Waals surface area contributed by atoms with E-state index in [0.29, 0.717) is 16.4 Å². The normalized spacial score (nSPS) is 12.9. The molecule has 1 N–H and O–H groups in total. The lowest BCUT2D eigenvalue weighted by molar-refractivity contribution is -0.140. The fraction of sp³-hybridized carbons (Fsp3) is 0.190. The summed E-state index contributed by atoms with van der Waals surface area (Å²) in [6.45, 7) is 0. The van der Waals surface area contributed by atoms with Gasteiger partial charge in [-0.3, -0.25) is 9.59 Å². The smallest absolute Gasteiger partial charge is 0.319 e. The average molecular weight is 449 g/mol. The SMILES string of the molecule is COC(=O)C(CC(C(=O)c1ccc(Cl)cc1Cl)c1ncc[nH]1)Sc1ccccc1. The molecule has 0 spiro atoms. The molecular formula is C21H18Cl2N2O3S. The van der Waals surface area contributed by atoms with Crippen molar-refractivity contribution in [1.29, 1.82) is 0 Å². The van der Waals surface area contributed by atoms with Gasteiger partial charge in [-0.2, -0.15) is 0 Å². The summed E-state index contributed by atoms with van der Waals surface area (Å²) in [7, 11) is 1.33. The number of hydrogen-bond acceptors (Lipinski definition) is 5. The van der Waals surface area contributed by atoms with E-state index in [1.165, 1.54) is 24.9 Å². The van der Waals surface area contributed by atoms with Gasteiger partial charge in [0.25, 0.3) is 0 Å². The van der Waals surface area contributed by atoms with Gasteiger partial charge in [0, 0.05) is 27.9 Å². The predicted molar refractivity (Wildman–Crippen MR) is 115 cm³/mol. The highest BCUT2D eigenvalue weighted by molar-refractivity contribution is 8.00.